The van der Waals surface area contributed by atoms with Gasteiger partial charge in [0.25, 0.3) is 11.8 Å². The van der Waals surface area contributed by atoms with Crippen molar-refractivity contribution in [2.45, 2.75) is 0 Å². The molecule has 2 amide bonds. The Morgan fingerprint density at radius 3 is 2.36 bits per heavy atom. The molecule has 0 bridgehead atoms. The van der Waals surface area contributed by atoms with Gasteiger partial charge >= 0.3 is 0 Å². The van der Waals surface area contributed by atoms with Crippen molar-refractivity contribution in [1.29, 1.82) is 0 Å². The van der Waals surface area contributed by atoms with Crippen molar-refractivity contribution in [3.8, 4) is 5.75 Å². The van der Waals surface area contributed by atoms with E-state index in [1.165, 1.54) is 30.8 Å². The summed E-state index contributed by atoms with van der Waals surface area (Å²) in [6.07, 6.45) is 0. The number of amides is 2. The van der Waals surface area contributed by atoms with Crippen LogP contribution >= 0.6 is 11.6 Å². The molecule has 2 aromatic rings. The SMILES string of the molecule is COc1ccc(C(=O)NO)cc1C(=O)Nc1ccc(Cl)cc1. The topological polar surface area (TPSA) is 87.7 Å². The Kier molecular flexibility index (Phi) is 4.98. The zero-order valence-electron chi connectivity index (χ0n) is 11.6. The minimum absolute atomic E-state index is 0.129. The van der Waals surface area contributed by atoms with Gasteiger partial charge in [-0.25, -0.2) is 5.48 Å². The summed E-state index contributed by atoms with van der Waals surface area (Å²) in [4.78, 5) is 23.8. The molecule has 0 aliphatic carbocycles. The van der Waals surface area contributed by atoms with Gasteiger partial charge in [0.2, 0.25) is 0 Å². The Bertz CT molecular complexity index is 701. The molecular weight excluding hydrogens is 308 g/mol. The van der Waals surface area contributed by atoms with Gasteiger partial charge in [-0.1, -0.05) is 11.6 Å². The summed E-state index contributed by atoms with van der Waals surface area (Å²) in [7, 11) is 1.42. The second-order valence-electron chi connectivity index (χ2n) is 4.32. The van der Waals surface area contributed by atoms with Crippen LogP contribution in [0.25, 0.3) is 0 Å². The zero-order chi connectivity index (χ0) is 16.1. The number of halogens is 1. The summed E-state index contributed by atoms with van der Waals surface area (Å²) >= 11 is 5.78. The van der Waals surface area contributed by atoms with Crippen molar-refractivity contribution in [2.75, 3.05) is 12.4 Å². The van der Waals surface area contributed by atoms with E-state index in [9.17, 15) is 9.59 Å². The maximum absolute atomic E-state index is 12.3. The monoisotopic (exact) mass is 320 g/mol. The van der Waals surface area contributed by atoms with Crippen LogP contribution in [0.2, 0.25) is 5.02 Å². The Labute approximate surface area is 131 Å². The van der Waals surface area contributed by atoms with Gasteiger partial charge in [0, 0.05) is 16.3 Å². The first-order chi connectivity index (χ1) is 10.5. The number of hydrogen-bond acceptors (Lipinski definition) is 4. The lowest BCUT2D eigenvalue weighted by atomic mass is 10.1. The van der Waals surface area contributed by atoms with Crippen LogP contribution in [-0.4, -0.2) is 24.1 Å². The molecule has 114 valence electrons. The summed E-state index contributed by atoms with van der Waals surface area (Å²) < 4.78 is 5.12. The Hall–Kier alpha value is -2.57. The third-order valence-electron chi connectivity index (χ3n) is 2.91. The smallest absolute Gasteiger partial charge is 0.274 e. The minimum Gasteiger partial charge on any atom is -0.496 e. The van der Waals surface area contributed by atoms with Gasteiger partial charge in [0.05, 0.1) is 12.7 Å². The number of hydroxylamine groups is 1. The first-order valence-electron chi connectivity index (χ1n) is 6.24. The van der Waals surface area contributed by atoms with E-state index in [1.807, 2.05) is 0 Å². The van der Waals surface area contributed by atoms with E-state index in [1.54, 1.807) is 24.3 Å². The van der Waals surface area contributed by atoms with Crippen LogP contribution in [0.3, 0.4) is 0 Å². The number of ether oxygens (including phenoxy) is 1. The highest BCUT2D eigenvalue weighted by atomic mass is 35.5. The molecule has 7 heteroatoms. The summed E-state index contributed by atoms with van der Waals surface area (Å²) in [5.74, 6) is -0.865. The molecule has 0 aliphatic heterocycles. The fraction of sp³-hybridized carbons (Fsp3) is 0.0667. The highest BCUT2D eigenvalue weighted by Gasteiger charge is 2.16. The fourth-order valence-electron chi connectivity index (χ4n) is 1.82. The number of methoxy groups -OCH3 is 1. The van der Waals surface area contributed by atoms with Crippen molar-refractivity contribution in [1.82, 2.24) is 5.48 Å². The fourth-order valence-corrected chi connectivity index (χ4v) is 1.95. The number of nitrogens with one attached hydrogen (secondary N) is 2. The number of carbonyl (C=O) groups is 2. The molecule has 2 rings (SSSR count). The summed E-state index contributed by atoms with van der Waals surface area (Å²) in [6.45, 7) is 0. The van der Waals surface area contributed by atoms with Crippen molar-refractivity contribution in [2.24, 2.45) is 0 Å². The van der Waals surface area contributed by atoms with Crippen LogP contribution in [0, 0.1) is 0 Å². The lowest BCUT2D eigenvalue weighted by Gasteiger charge is -2.11. The summed E-state index contributed by atoms with van der Waals surface area (Å²) in [5, 5.41) is 11.9. The molecule has 0 radical (unpaired) electrons. The number of benzene rings is 2. The highest BCUT2D eigenvalue weighted by molar-refractivity contribution is 6.30. The van der Waals surface area contributed by atoms with E-state index in [0.717, 1.165) is 0 Å². The number of anilines is 1. The molecule has 2 aromatic carbocycles. The van der Waals surface area contributed by atoms with Crippen LogP contribution in [0.4, 0.5) is 5.69 Å². The molecule has 22 heavy (non-hydrogen) atoms. The van der Waals surface area contributed by atoms with Crippen LogP contribution < -0.4 is 15.5 Å². The van der Waals surface area contributed by atoms with Crippen LogP contribution in [0.15, 0.2) is 42.5 Å². The van der Waals surface area contributed by atoms with E-state index in [0.29, 0.717) is 16.5 Å². The van der Waals surface area contributed by atoms with Gasteiger partial charge in [-0.15, -0.1) is 0 Å². The number of rotatable bonds is 4. The van der Waals surface area contributed by atoms with Crippen molar-refractivity contribution in [3.63, 3.8) is 0 Å². The van der Waals surface area contributed by atoms with Gasteiger partial charge in [0.1, 0.15) is 5.75 Å². The second kappa shape index (κ2) is 6.93. The predicted molar refractivity (Wildman–Crippen MR) is 81.7 cm³/mol. The van der Waals surface area contributed by atoms with Crippen LogP contribution in [0.5, 0.6) is 5.75 Å². The third-order valence-corrected chi connectivity index (χ3v) is 3.16. The Balaban J connectivity index is 2.30. The van der Waals surface area contributed by atoms with Crippen molar-refractivity contribution in [3.05, 3.63) is 58.6 Å². The normalized spacial score (nSPS) is 9.95. The molecule has 0 heterocycles. The van der Waals surface area contributed by atoms with E-state index >= 15 is 0 Å². The van der Waals surface area contributed by atoms with Crippen LogP contribution in [0.1, 0.15) is 20.7 Å². The molecule has 0 fully saturated rings. The van der Waals surface area contributed by atoms with Crippen molar-refractivity contribution >= 4 is 29.1 Å². The average Bonchev–Trinajstić information content (AvgIpc) is 2.55. The maximum Gasteiger partial charge on any atom is 0.274 e. The molecule has 6 nitrogen and oxygen atoms in total. The van der Waals surface area contributed by atoms with Gasteiger partial charge in [0.15, 0.2) is 0 Å². The first-order valence-corrected chi connectivity index (χ1v) is 6.62. The quantitative estimate of drug-likeness (QED) is 0.597. The second-order valence-corrected chi connectivity index (χ2v) is 4.75. The largest absolute Gasteiger partial charge is 0.496 e. The van der Waals surface area contributed by atoms with E-state index in [2.05, 4.69) is 5.32 Å². The maximum atomic E-state index is 12.3. The molecule has 3 N–H and O–H groups in total. The first kappa shape index (κ1) is 15.8. The molecule has 0 unspecified atom stereocenters. The standard InChI is InChI=1S/C15H13ClN2O4/c1-22-13-7-2-9(14(19)18-21)8-12(13)15(20)17-11-5-3-10(16)4-6-11/h2-8,21H,1H3,(H,17,20)(H,18,19). The Morgan fingerprint density at radius 1 is 1.09 bits per heavy atom. The van der Waals surface area contributed by atoms with Gasteiger partial charge in [-0.2, -0.15) is 0 Å². The average molecular weight is 321 g/mol. The molecule has 0 aromatic heterocycles. The van der Waals surface area contributed by atoms with Gasteiger partial charge in [-0.05, 0) is 42.5 Å². The molecule has 0 saturated carbocycles. The molecule has 0 spiro atoms. The summed E-state index contributed by atoms with van der Waals surface area (Å²) in [5.41, 5.74) is 2.36. The van der Waals surface area contributed by atoms with Crippen LogP contribution in [-0.2, 0) is 0 Å². The predicted octanol–water partition coefficient (Wildman–Crippen LogP) is 2.72. The molecule has 0 atom stereocenters. The molecular formula is C15H13ClN2O4. The van der Waals surface area contributed by atoms with E-state index in [4.69, 9.17) is 21.5 Å². The summed E-state index contributed by atoms with van der Waals surface area (Å²) in [6, 6.07) is 10.8. The number of hydrogen-bond donors (Lipinski definition) is 3. The lowest BCUT2D eigenvalue weighted by molar-refractivity contribution is 0.0706. The van der Waals surface area contributed by atoms with Gasteiger partial charge < -0.3 is 10.1 Å². The third kappa shape index (κ3) is 3.55. The number of carbonyl (C=O) groups excluding carboxylic acids is 2. The van der Waals surface area contributed by atoms with Gasteiger partial charge in [-0.3, -0.25) is 14.8 Å². The van der Waals surface area contributed by atoms with E-state index in [-0.39, 0.29) is 11.1 Å². The lowest BCUT2D eigenvalue weighted by Crippen LogP contribution is -2.20. The molecule has 0 saturated heterocycles. The Morgan fingerprint density at radius 2 is 1.77 bits per heavy atom. The zero-order valence-corrected chi connectivity index (χ0v) is 12.3. The highest BCUT2D eigenvalue weighted by Crippen LogP contribution is 2.22. The van der Waals surface area contributed by atoms with Crippen molar-refractivity contribution < 1.29 is 19.5 Å². The van der Waals surface area contributed by atoms with E-state index < -0.39 is 11.8 Å². The molecule has 0 aliphatic rings. The minimum atomic E-state index is -0.719.